The highest BCUT2D eigenvalue weighted by atomic mass is 16.6. The van der Waals surface area contributed by atoms with Crippen LogP contribution in [0.15, 0.2) is 34.7 Å². The SMILES string of the molecule is CCOc1cc(-c2nnc(NC(=O)c3cc([N+](=O)[O-])cc([N+](=O)[O-])c3)o2)cc(OCC)c1OCC. The number of hydrogen-bond acceptors (Lipinski definition) is 11. The minimum absolute atomic E-state index is 0.00952. The van der Waals surface area contributed by atoms with Crippen molar-refractivity contribution in [1.29, 1.82) is 0 Å². The number of carbonyl (C=O) groups is 1. The van der Waals surface area contributed by atoms with E-state index < -0.39 is 27.1 Å². The predicted molar refractivity (Wildman–Crippen MR) is 121 cm³/mol. The van der Waals surface area contributed by atoms with E-state index in [2.05, 4.69) is 15.5 Å². The third-order valence-electron chi connectivity index (χ3n) is 4.39. The first-order valence-corrected chi connectivity index (χ1v) is 10.4. The van der Waals surface area contributed by atoms with E-state index in [1.54, 1.807) is 26.0 Å². The second kappa shape index (κ2) is 10.9. The van der Waals surface area contributed by atoms with Crippen LogP contribution in [0.3, 0.4) is 0 Å². The van der Waals surface area contributed by atoms with Gasteiger partial charge < -0.3 is 18.6 Å². The van der Waals surface area contributed by atoms with Gasteiger partial charge in [-0.05, 0) is 32.9 Å². The molecule has 0 aliphatic carbocycles. The number of aromatic nitrogens is 2. The fourth-order valence-corrected chi connectivity index (χ4v) is 3.01. The van der Waals surface area contributed by atoms with Gasteiger partial charge in [-0.25, -0.2) is 0 Å². The highest BCUT2D eigenvalue weighted by Gasteiger charge is 2.22. The van der Waals surface area contributed by atoms with Gasteiger partial charge in [0.15, 0.2) is 11.5 Å². The van der Waals surface area contributed by atoms with Crippen LogP contribution in [0.25, 0.3) is 11.5 Å². The van der Waals surface area contributed by atoms with Gasteiger partial charge in [0.2, 0.25) is 11.6 Å². The summed E-state index contributed by atoms with van der Waals surface area (Å²) in [4.78, 5) is 33.0. The Bertz CT molecular complexity index is 1200. The zero-order chi connectivity index (χ0) is 25.5. The van der Waals surface area contributed by atoms with Crippen LogP contribution in [-0.2, 0) is 0 Å². The Hall–Kier alpha value is -4.75. The van der Waals surface area contributed by atoms with Gasteiger partial charge in [-0.1, -0.05) is 5.10 Å². The van der Waals surface area contributed by atoms with Crippen LogP contribution < -0.4 is 19.5 Å². The molecule has 0 aliphatic heterocycles. The minimum Gasteiger partial charge on any atom is -0.490 e. The largest absolute Gasteiger partial charge is 0.490 e. The highest BCUT2D eigenvalue weighted by Crippen LogP contribution is 2.42. The summed E-state index contributed by atoms with van der Waals surface area (Å²) in [5, 5.41) is 32.1. The van der Waals surface area contributed by atoms with Gasteiger partial charge in [0.1, 0.15) is 0 Å². The molecule has 1 amide bonds. The molecule has 0 spiro atoms. The van der Waals surface area contributed by atoms with E-state index in [1.165, 1.54) is 0 Å². The summed E-state index contributed by atoms with van der Waals surface area (Å²) < 4.78 is 22.5. The topological polar surface area (TPSA) is 182 Å². The van der Waals surface area contributed by atoms with E-state index in [-0.39, 0.29) is 17.5 Å². The first-order chi connectivity index (χ1) is 16.8. The molecular weight excluding hydrogens is 466 g/mol. The first-order valence-electron chi connectivity index (χ1n) is 10.4. The fourth-order valence-electron chi connectivity index (χ4n) is 3.01. The lowest BCUT2D eigenvalue weighted by Gasteiger charge is -2.16. The van der Waals surface area contributed by atoms with Crippen molar-refractivity contribution in [3.05, 3.63) is 56.1 Å². The molecule has 3 rings (SSSR count). The Labute approximate surface area is 198 Å². The van der Waals surface area contributed by atoms with E-state index >= 15 is 0 Å². The molecule has 1 N–H and O–H groups in total. The Kier molecular flexibility index (Phi) is 7.76. The smallest absolute Gasteiger partial charge is 0.322 e. The number of nitro groups is 2. The Morgan fingerprint density at radius 1 is 0.886 bits per heavy atom. The first kappa shape index (κ1) is 24.9. The maximum absolute atomic E-state index is 12.6. The van der Waals surface area contributed by atoms with Crippen molar-refractivity contribution in [3.63, 3.8) is 0 Å². The van der Waals surface area contributed by atoms with Crippen LogP contribution in [-0.4, -0.2) is 45.8 Å². The van der Waals surface area contributed by atoms with Gasteiger partial charge in [0.05, 0.1) is 41.3 Å². The number of benzene rings is 2. The molecule has 0 radical (unpaired) electrons. The lowest BCUT2D eigenvalue weighted by Crippen LogP contribution is -2.13. The number of nitrogens with zero attached hydrogens (tertiary/aromatic N) is 4. The number of ether oxygens (including phenoxy) is 3. The minimum atomic E-state index is -0.913. The maximum Gasteiger partial charge on any atom is 0.322 e. The molecular formula is C21H21N5O9. The average molecular weight is 487 g/mol. The van der Waals surface area contributed by atoms with Crippen LogP contribution in [0.4, 0.5) is 17.4 Å². The van der Waals surface area contributed by atoms with Crippen LogP contribution in [0.2, 0.25) is 0 Å². The van der Waals surface area contributed by atoms with Gasteiger partial charge in [-0.15, -0.1) is 5.10 Å². The van der Waals surface area contributed by atoms with Crippen LogP contribution in [0.1, 0.15) is 31.1 Å². The number of nitro benzene ring substituents is 2. The average Bonchev–Trinajstić information content (AvgIpc) is 3.29. The predicted octanol–water partition coefficient (Wildman–Crippen LogP) is 4.00. The Morgan fingerprint density at radius 2 is 1.43 bits per heavy atom. The number of hydrogen-bond donors (Lipinski definition) is 1. The highest BCUT2D eigenvalue weighted by molar-refractivity contribution is 6.04. The molecule has 1 heterocycles. The summed E-state index contributed by atoms with van der Waals surface area (Å²) in [5.41, 5.74) is -1.14. The molecule has 0 saturated carbocycles. The zero-order valence-electron chi connectivity index (χ0n) is 19.0. The summed E-state index contributed by atoms with van der Waals surface area (Å²) in [6.45, 7) is 6.53. The van der Waals surface area contributed by atoms with E-state index in [0.29, 0.717) is 42.6 Å². The van der Waals surface area contributed by atoms with Gasteiger partial charge in [0, 0.05) is 17.7 Å². The number of carbonyl (C=O) groups excluding carboxylic acids is 1. The van der Waals surface area contributed by atoms with Gasteiger partial charge in [-0.3, -0.25) is 30.3 Å². The summed E-state index contributed by atoms with van der Waals surface area (Å²) in [5.74, 6) is 0.296. The number of amides is 1. The van der Waals surface area contributed by atoms with Crippen LogP contribution >= 0.6 is 0 Å². The van der Waals surface area contributed by atoms with Crippen molar-refractivity contribution in [2.75, 3.05) is 25.1 Å². The van der Waals surface area contributed by atoms with Crippen LogP contribution in [0.5, 0.6) is 17.2 Å². The van der Waals surface area contributed by atoms with Crippen molar-refractivity contribution in [2.24, 2.45) is 0 Å². The third kappa shape index (κ3) is 5.79. The number of rotatable bonds is 11. The van der Waals surface area contributed by atoms with E-state index in [0.717, 1.165) is 18.2 Å². The molecule has 0 fully saturated rings. The molecule has 14 heteroatoms. The van der Waals surface area contributed by atoms with Crippen molar-refractivity contribution >= 4 is 23.3 Å². The van der Waals surface area contributed by atoms with Gasteiger partial charge in [0.25, 0.3) is 17.3 Å². The molecule has 14 nitrogen and oxygen atoms in total. The number of anilines is 1. The summed E-state index contributed by atoms with van der Waals surface area (Å²) in [7, 11) is 0. The van der Waals surface area contributed by atoms with Crippen LogP contribution in [0, 0.1) is 20.2 Å². The zero-order valence-corrected chi connectivity index (χ0v) is 19.0. The normalized spacial score (nSPS) is 10.5. The summed E-state index contributed by atoms with van der Waals surface area (Å²) >= 11 is 0. The quantitative estimate of drug-likeness (QED) is 0.305. The van der Waals surface area contributed by atoms with E-state index in [1.807, 2.05) is 6.92 Å². The summed E-state index contributed by atoms with van der Waals surface area (Å²) in [6, 6.07) is 5.44. The lowest BCUT2D eigenvalue weighted by atomic mass is 10.1. The Balaban J connectivity index is 1.91. The third-order valence-corrected chi connectivity index (χ3v) is 4.39. The molecule has 1 aromatic heterocycles. The van der Waals surface area contributed by atoms with Crippen molar-refractivity contribution < 1.29 is 33.3 Å². The second-order valence-corrected chi connectivity index (χ2v) is 6.72. The Morgan fingerprint density at radius 3 is 1.91 bits per heavy atom. The molecule has 0 saturated heterocycles. The van der Waals surface area contributed by atoms with Crippen molar-refractivity contribution in [2.45, 2.75) is 20.8 Å². The molecule has 2 aromatic carbocycles. The molecule has 3 aromatic rings. The standard InChI is InChI=1S/C21H21N5O9/c1-4-32-16-9-13(10-17(33-5-2)18(16)34-6-3)20-23-24-21(35-20)22-19(27)12-7-14(25(28)29)11-15(8-12)26(30)31/h7-11H,4-6H2,1-3H3,(H,22,24,27). The molecule has 184 valence electrons. The van der Waals surface area contributed by atoms with E-state index in [4.69, 9.17) is 18.6 Å². The number of nitrogens with one attached hydrogen (secondary N) is 1. The van der Waals surface area contributed by atoms with Gasteiger partial charge >= 0.3 is 6.01 Å². The molecule has 0 aliphatic rings. The maximum atomic E-state index is 12.6. The summed E-state index contributed by atoms with van der Waals surface area (Å²) in [6.07, 6.45) is 0. The molecule has 0 atom stereocenters. The fraction of sp³-hybridized carbons (Fsp3) is 0.286. The number of non-ortho nitro benzene ring substituents is 2. The van der Waals surface area contributed by atoms with Crippen molar-refractivity contribution in [1.82, 2.24) is 10.2 Å². The molecule has 0 bridgehead atoms. The van der Waals surface area contributed by atoms with Crippen molar-refractivity contribution in [3.8, 4) is 28.7 Å². The van der Waals surface area contributed by atoms with E-state index in [9.17, 15) is 25.0 Å². The monoisotopic (exact) mass is 487 g/mol. The second-order valence-electron chi connectivity index (χ2n) is 6.72. The molecule has 35 heavy (non-hydrogen) atoms. The van der Waals surface area contributed by atoms with Gasteiger partial charge in [-0.2, -0.15) is 0 Å². The lowest BCUT2D eigenvalue weighted by molar-refractivity contribution is -0.394. The molecule has 0 unspecified atom stereocenters.